The van der Waals surface area contributed by atoms with E-state index in [1.807, 2.05) is 0 Å². The molecule has 0 bridgehead atoms. The summed E-state index contributed by atoms with van der Waals surface area (Å²) in [6.07, 6.45) is 0.648. The van der Waals surface area contributed by atoms with Crippen LogP contribution < -0.4 is 0 Å². The van der Waals surface area contributed by atoms with Crippen LogP contribution in [0.1, 0.15) is 19.8 Å². The van der Waals surface area contributed by atoms with Crippen molar-refractivity contribution in [3.8, 4) is 0 Å². The second-order valence-corrected chi connectivity index (χ2v) is 2.77. The molecule has 1 aliphatic rings. The number of carbonyl (C=O) groups is 3. The molecule has 1 rings (SSSR count). The maximum absolute atomic E-state index is 11.0. The third-order valence-electron chi connectivity index (χ3n) is 1.70. The molecule has 0 spiro atoms. The number of hydrogen-bond acceptors (Lipinski definition) is 5. The fourth-order valence-corrected chi connectivity index (χ4v) is 0.865. The Hall–Kier alpha value is -1.85. The van der Waals surface area contributed by atoms with Crippen molar-refractivity contribution in [1.82, 2.24) is 5.06 Å². The van der Waals surface area contributed by atoms with Crippen LogP contribution in [0.25, 0.3) is 0 Å². The van der Waals surface area contributed by atoms with Gasteiger partial charge >= 0.3 is 5.97 Å². The molecule has 14 heavy (non-hydrogen) atoms. The van der Waals surface area contributed by atoms with E-state index >= 15 is 0 Å². The van der Waals surface area contributed by atoms with E-state index in [9.17, 15) is 14.4 Å². The van der Waals surface area contributed by atoms with Crippen LogP contribution in [0.3, 0.4) is 0 Å². The highest BCUT2D eigenvalue weighted by molar-refractivity contribution is 6.02. The SMILES string of the molecule is CC(=CO)C(=O)ON1C(=O)CCC1=O. The predicted octanol–water partition coefficient (Wildman–Crippen LogP) is 0.0554. The zero-order chi connectivity index (χ0) is 10.7. The van der Waals surface area contributed by atoms with Crippen LogP contribution in [-0.2, 0) is 19.2 Å². The molecule has 76 valence electrons. The standard InChI is InChI=1S/C8H9NO5/c1-5(4-10)8(13)14-9-6(11)2-3-7(9)12/h4,10H,2-3H2,1H3. The molecule has 0 unspecified atom stereocenters. The topological polar surface area (TPSA) is 83.9 Å². The number of hydrogen-bond donors (Lipinski definition) is 1. The third kappa shape index (κ3) is 1.90. The Labute approximate surface area is 79.7 Å². The summed E-state index contributed by atoms with van der Waals surface area (Å²) in [6.45, 7) is 1.30. The smallest absolute Gasteiger partial charge is 0.362 e. The molecule has 0 aromatic heterocycles. The molecule has 0 saturated carbocycles. The molecule has 0 atom stereocenters. The molecule has 0 radical (unpaired) electrons. The average molecular weight is 199 g/mol. The Morgan fingerprint density at radius 2 is 1.93 bits per heavy atom. The van der Waals surface area contributed by atoms with Crippen LogP contribution in [0.5, 0.6) is 0 Å². The Bertz CT molecular complexity index is 304. The van der Waals surface area contributed by atoms with Crippen LogP contribution in [0.15, 0.2) is 11.8 Å². The Morgan fingerprint density at radius 1 is 1.43 bits per heavy atom. The summed E-state index contributed by atoms with van der Waals surface area (Å²) in [6, 6.07) is 0. The van der Waals surface area contributed by atoms with Crippen molar-refractivity contribution in [1.29, 1.82) is 0 Å². The minimum Gasteiger partial charge on any atom is -0.515 e. The first-order valence-corrected chi connectivity index (χ1v) is 3.95. The van der Waals surface area contributed by atoms with Crippen molar-refractivity contribution in [3.63, 3.8) is 0 Å². The highest BCUT2D eigenvalue weighted by Crippen LogP contribution is 2.13. The molecule has 1 saturated heterocycles. The number of aliphatic hydroxyl groups excluding tert-OH is 1. The van der Waals surface area contributed by atoms with Crippen LogP contribution >= 0.6 is 0 Å². The number of hydroxylamine groups is 2. The van der Waals surface area contributed by atoms with Crippen molar-refractivity contribution >= 4 is 17.8 Å². The molecular weight excluding hydrogens is 190 g/mol. The van der Waals surface area contributed by atoms with E-state index in [0.29, 0.717) is 11.3 Å². The van der Waals surface area contributed by atoms with Gasteiger partial charge < -0.3 is 9.94 Å². The summed E-state index contributed by atoms with van der Waals surface area (Å²) in [5, 5.41) is 8.89. The van der Waals surface area contributed by atoms with Gasteiger partial charge in [-0.1, -0.05) is 0 Å². The molecule has 2 amide bonds. The Balaban J connectivity index is 2.64. The van der Waals surface area contributed by atoms with E-state index in [1.165, 1.54) is 6.92 Å². The Morgan fingerprint density at radius 3 is 2.36 bits per heavy atom. The van der Waals surface area contributed by atoms with Gasteiger partial charge in [0.1, 0.15) is 0 Å². The number of carbonyl (C=O) groups excluding carboxylic acids is 3. The molecule has 1 fully saturated rings. The fraction of sp³-hybridized carbons (Fsp3) is 0.375. The molecule has 1 aliphatic heterocycles. The van der Waals surface area contributed by atoms with Gasteiger partial charge in [-0.25, -0.2) is 4.79 Å². The van der Waals surface area contributed by atoms with E-state index in [4.69, 9.17) is 5.11 Å². The van der Waals surface area contributed by atoms with Crippen molar-refractivity contribution in [2.75, 3.05) is 0 Å². The lowest BCUT2D eigenvalue weighted by atomic mass is 10.3. The van der Waals surface area contributed by atoms with Gasteiger partial charge in [0.25, 0.3) is 11.8 Å². The van der Waals surface area contributed by atoms with Gasteiger partial charge in [0, 0.05) is 12.8 Å². The molecule has 0 aromatic rings. The van der Waals surface area contributed by atoms with Crippen molar-refractivity contribution in [3.05, 3.63) is 11.8 Å². The molecule has 6 nitrogen and oxygen atoms in total. The summed E-state index contributed by atoms with van der Waals surface area (Å²) < 4.78 is 0. The highest BCUT2D eigenvalue weighted by Gasteiger charge is 2.33. The van der Waals surface area contributed by atoms with Gasteiger partial charge in [-0.05, 0) is 6.92 Å². The molecule has 0 aromatic carbocycles. The molecule has 1 N–H and O–H groups in total. The highest BCUT2D eigenvalue weighted by atomic mass is 16.7. The summed E-state index contributed by atoms with van der Waals surface area (Å²) in [4.78, 5) is 37.4. The van der Waals surface area contributed by atoms with Crippen LogP contribution in [0, 0.1) is 0 Å². The Kier molecular flexibility index (Phi) is 2.85. The third-order valence-corrected chi connectivity index (χ3v) is 1.70. The summed E-state index contributed by atoms with van der Waals surface area (Å²) in [5.74, 6) is -2.01. The maximum Gasteiger partial charge on any atom is 0.362 e. The first-order chi connectivity index (χ1) is 6.56. The zero-order valence-corrected chi connectivity index (χ0v) is 7.52. The second-order valence-electron chi connectivity index (χ2n) is 2.77. The van der Waals surface area contributed by atoms with Crippen LogP contribution in [0.4, 0.5) is 0 Å². The van der Waals surface area contributed by atoms with Gasteiger partial charge in [-0.15, -0.1) is 5.06 Å². The number of nitrogens with zero attached hydrogens (tertiary/aromatic N) is 1. The number of imide groups is 1. The minimum absolute atomic E-state index is 0.0496. The first kappa shape index (κ1) is 10.2. The summed E-state index contributed by atoms with van der Waals surface area (Å²) in [7, 11) is 0. The number of rotatable bonds is 2. The zero-order valence-electron chi connectivity index (χ0n) is 7.52. The molecule has 6 heteroatoms. The van der Waals surface area contributed by atoms with Gasteiger partial charge in [-0.3, -0.25) is 9.59 Å². The normalized spacial score (nSPS) is 17.5. The van der Waals surface area contributed by atoms with Crippen molar-refractivity contribution in [2.24, 2.45) is 0 Å². The predicted molar refractivity (Wildman–Crippen MR) is 43.6 cm³/mol. The monoisotopic (exact) mass is 199 g/mol. The first-order valence-electron chi connectivity index (χ1n) is 3.95. The minimum atomic E-state index is -0.920. The largest absolute Gasteiger partial charge is 0.515 e. The lowest BCUT2D eigenvalue weighted by Gasteiger charge is -2.11. The molecule has 0 aliphatic carbocycles. The molecular formula is C8H9NO5. The molecule has 1 heterocycles. The summed E-state index contributed by atoms with van der Waals surface area (Å²) in [5.41, 5.74) is -0.0856. The van der Waals surface area contributed by atoms with Crippen LogP contribution in [-0.4, -0.2) is 28.0 Å². The van der Waals surface area contributed by atoms with Gasteiger partial charge in [0.15, 0.2) is 0 Å². The van der Waals surface area contributed by atoms with E-state index < -0.39 is 17.8 Å². The van der Waals surface area contributed by atoms with Crippen LogP contribution in [0.2, 0.25) is 0 Å². The average Bonchev–Trinajstić information content (AvgIpc) is 2.48. The second kappa shape index (κ2) is 3.91. The lowest BCUT2D eigenvalue weighted by molar-refractivity contribution is -0.194. The van der Waals surface area contributed by atoms with Gasteiger partial charge in [-0.2, -0.15) is 0 Å². The van der Waals surface area contributed by atoms with Gasteiger partial charge in [0.05, 0.1) is 11.8 Å². The lowest BCUT2D eigenvalue weighted by Crippen LogP contribution is -2.32. The van der Waals surface area contributed by atoms with Crippen molar-refractivity contribution < 1.29 is 24.3 Å². The fourth-order valence-electron chi connectivity index (χ4n) is 0.865. The van der Waals surface area contributed by atoms with E-state index in [0.717, 1.165) is 0 Å². The van der Waals surface area contributed by atoms with Crippen molar-refractivity contribution in [2.45, 2.75) is 19.8 Å². The number of aliphatic hydroxyl groups is 1. The maximum atomic E-state index is 11.0. The van der Waals surface area contributed by atoms with E-state index in [1.54, 1.807) is 0 Å². The van der Waals surface area contributed by atoms with E-state index in [2.05, 4.69) is 4.84 Å². The quantitative estimate of drug-likeness (QED) is 0.386. The van der Waals surface area contributed by atoms with E-state index in [-0.39, 0.29) is 18.4 Å². The number of amides is 2. The van der Waals surface area contributed by atoms with Gasteiger partial charge in [0.2, 0.25) is 0 Å². The summed E-state index contributed by atoms with van der Waals surface area (Å²) >= 11 is 0.